The van der Waals surface area contributed by atoms with E-state index in [1.165, 1.54) is 4.57 Å². The van der Waals surface area contributed by atoms with Crippen LogP contribution in [0.5, 0.6) is 0 Å². The molecule has 26 heavy (non-hydrogen) atoms. The first-order valence-electron chi connectivity index (χ1n) is 8.45. The Balaban J connectivity index is 2.34. The molecule has 0 radical (unpaired) electrons. The van der Waals surface area contributed by atoms with Crippen LogP contribution >= 0.6 is 0 Å². The number of benzene rings is 3. The maximum absolute atomic E-state index is 13.3. The third-order valence-electron chi connectivity index (χ3n) is 4.62. The average Bonchev–Trinajstić information content (AvgIpc) is 2.79. The predicted octanol–water partition coefficient (Wildman–Crippen LogP) is 4.23. The van der Waals surface area contributed by atoms with Crippen molar-refractivity contribution < 1.29 is 0 Å². The standard InChI is InChI=1S/C23H17NO2/c1-24-22(25)19-15-9-8-14-18(19)20(16-10-4-2-5-11-16)21(23(24)26)17-12-6-3-7-13-17/h2-15H,1H3. The van der Waals surface area contributed by atoms with Gasteiger partial charge in [0.15, 0.2) is 0 Å². The topological polar surface area (TPSA) is 39.1 Å². The minimum Gasteiger partial charge on any atom is -0.277 e. The summed E-state index contributed by atoms with van der Waals surface area (Å²) < 4.78 is 1.21. The number of fused-ring (bicyclic) bond motifs is 1. The summed E-state index contributed by atoms with van der Waals surface area (Å²) in [4.78, 5) is 26.1. The summed E-state index contributed by atoms with van der Waals surface area (Å²) in [5.41, 5.74) is 2.46. The first-order chi connectivity index (χ1) is 12.7. The fourth-order valence-electron chi connectivity index (χ4n) is 3.35. The Morgan fingerprint density at radius 1 is 0.538 bits per heavy atom. The van der Waals surface area contributed by atoms with E-state index in [1.54, 1.807) is 13.1 Å². The Morgan fingerprint density at radius 3 is 1.58 bits per heavy atom. The van der Waals surface area contributed by atoms with Gasteiger partial charge in [0.05, 0.1) is 5.56 Å². The van der Waals surface area contributed by atoms with Gasteiger partial charge in [-0.25, -0.2) is 0 Å². The van der Waals surface area contributed by atoms with E-state index in [2.05, 4.69) is 0 Å². The Hall–Kier alpha value is -3.46. The molecule has 0 saturated heterocycles. The number of hydrogen-bond acceptors (Lipinski definition) is 2. The molecule has 4 aromatic rings. The molecule has 0 amide bonds. The third kappa shape index (κ3) is 2.54. The van der Waals surface area contributed by atoms with E-state index in [0.717, 1.165) is 22.1 Å². The van der Waals surface area contributed by atoms with Crippen LogP contribution in [-0.4, -0.2) is 4.57 Å². The SMILES string of the molecule is Cn1c(=O)c(-c2ccccc2)c(-c2ccccc2)c2ccccc2c1=O. The Kier molecular flexibility index (Phi) is 3.98. The Morgan fingerprint density at radius 2 is 1.00 bits per heavy atom. The van der Waals surface area contributed by atoms with Gasteiger partial charge in [-0.05, 0) is 22.6 Å². The van der Waals surface area contributed by atoms with E-state index in [1.807, 2.05) is 78.9 Å². The van der Waals surface area contributed by atoms with E-state index >= 15 is 0 Å². The lowest BCUT2D eigenvalue weighted by molar-refractivity contribution is 0.840. The van der Waals surface area contributed by atoms with Crippen molar-refractivity contribution in [2.75, 3.05) is 0 Å². The van der Waals surface area contributed by atoms with Crippen LogP contribution in [0.3, 0.4) is 0 Å². The molecule has 0 atom stereocenters. The molecule has 0 bridgehead atoms. The van der Waals surface area contributed by atoms with Gasteiger partial charge in [0.25, 0.3) is 11.1 Å². The van der Waals surface area contributed by atoms with E-state index in [0.29, 0.717) is 10.9 Å². The van der Waals surface area contributed by atoms with Gasteiger partial charge in [0.2, 0.25) is 0 Å². The van der Waals surface area contributed by atoms with Crippen molar-refractivity contribution in [3.05, 3.63) is 106 Å². The van der Waals surface area contributed by atoms with Crippen LogP contribution in [0.4, 0.5) is 0 Å². The van der Waals surface area contributed by atoms with Crippen molar-refractivity contribution in [3.63, 3.8) is 0 Å². The van der Waals surface area contributed by atoms with Crippen molar-refractivity contribution in [1.82, 2.24) is 4.57 Å². The van der Waals surface area contributed by atoms with Crippen LogP contribution in [0.1, 0.15) is 0 Å². The van der Waals surface area contributed by atoms with Crippen molar-refractivity contribution >= 4 is 10.8 Å². The number of nitrogens with zero attached hydrogens (tertiary/aromatic N) is 1. The van der Waals surface area contributed by atoms with Gasteiger partial charge >= 0.3 is 0 Å². The van der Waals surface area contributed by atoms with Gasteiger partial charge in [-0.1, -0.05) is 78.9 Å². The summed E-state index contributed by atoms with van der Waals surface area (Å²) in [6, 6.07) is 26.7. The van der Waals surface area contributed by atoms with E-state index in [-0.39, 0.29) is 11.1 Å². The van der Waals surface area contributed by atoms with Gasteiger partial charge in [0.1, 0.15) is 0 Å². The highest BCUT2D eigenvalue weighted by Crippen LogP contribution is 2.33. The maximum atomic E-state index is 13.3. The molecule has 0 fully saturated rings. The lowest BCUT2D eigenvalue weighted by Crippen LogP contribution is -2.27. The van der Waals surface area contributed by atoms with Crippen molar-refractivity contribution in [2.45, 2.75) is 0 Å². The van der Waals surface area contributed by atoms with E-state index < -0.39 is 0 Å². The molecule has 3 heteroatoms. The number of rotatable bonds is 2. The molecule has 3 aromatic carbocycles. The molecule has 0 aliphatic rings. The molecule has 0 aliphatic carbocycles. The summed E-state index contributed by atoms with van der Waals surface area (Å²) in [7, 11) is 1.54. The minimum absolute atomic E-state index is 0.287. The highest BCUT2D eigenvalue weighted by atomic mass is 16.2. The summed E-state index contributed by atoms with van der Waals surface area (Å²) >= 11 is 0. The molecule has 1 heterocycles. The van der Waals surface area contributed by atoms with Crippen LogP contribution in [0.2, 0.25) is 0 Å². The molecule has 0 spiro atoms. The summed E-state index contributed by atoms with van der Waals surface area (Å²) in [6.07, 6.45) is 0. The second kappa shape index (κ2) is 6.45. The number of aromatic nitrogens is 1. The molecular weight excluding hydrogens is 322 g/mol. The summed E-state index contributed by atoms with van der Waals surface area (Å²) in [5, 5.41) is 1.31. The molecule has 4 rings (SSSR count). The first kappa shape index (κ1) is 16.0. The maximum Gasteiger partial charge on any atom is 0.261 e. The van der Waals surface area contributed by atoms with Crippen LogP contribution in [0, 0.1) is 0 Å². The predicted molar refractivity (Wildman–Crippen MR) is 106 cm³/mol. The van der Waals surface area contributed by atoms with Crippen molar-refractivity contribution in [2.24, 2.45) is 7.05 Å². The van der Waals surface area contributed by atoms with E-state index in [4.69, 9.17) is 0 Å². The highest BCUT2D eigenvalue weighted by molar-refractivity contribution is 6.02. The zero-order valence-electron chi connectivity index (χ0n) is 14.3. The summed E-state index contributed by atoms with van der Waals surface area (Å²) in [5.74, 6) is 0. The zero-order chi connectivity index (χ0) is 18.1. The van der Waals surface area contributed by atoms with Crippen molar-refractivity contribution in [3.8, 4) is 22.3 Å². The minimum atomic E-state index is -0.295. The Labute approximate surface area is 150 Å². The van der Waals surface area contributed by atoms with Crippen molar-refractivity contribution in [1.29, 1.82) is 0 Å². The van der Waals surface area contributed by atoms with Crippen LogP contribution in [0.15, 0.2) is 94.5 Å². The number of hydrogen-bond donors (Lipinski definition) is 0. The smallest absolute Gasteiger partial charge is 0.261 e. The molecule has 126 valence electrons. The average molecular weight is 339 g/mol. The second-order valence-corrected chi connectivity index (χ2v) is 6.20. The largest absolute Gasteiger partial charge is 0.277 e. The molecule has 0 unspecified atom stereocenters. The lowest BCUT2D eigenvalue weighted by Gasteiger charge is -2.09. The fourth-order valence-corrected chi connectivity index (χ4v) is 3.35. The van der Waals surface area contributed by atoms with Crippen LogP contribution in [0.25, 0.3) is 33.0 Å². The molecule has 3 nitrogen and oxygen atoms in total. The first-order valence-corrected chi connectivity index (χ1v) is 8.45. The van der Waals surface area contributed by atoms with E-state index in [9.17, 15) is 9.59 Å². The van der Waals surface area contributed by atoms with Gasteiger partial charge in [-0.3, -0.25) is 14.2 Å². The molecule has 0 saturated carbocycles. The van der Waals surface area contributed by atoms with Crippen LogP contribution in [-0.2, 0) is 7.05 Å². The molecule has 0 aliphatic heterocycles. The second-order valence-electron chi connectivity index (χ2n) is 6.20. The lowest BCUT2D eigenvalue weighted by atomic mass is 9.93. The highest BCUT2D eigenvalue weighted by Gasteiger charge is 2.17. The molecule has 1 aromatic heterocycles. The normalized spacial score (nSPS) is 10.8. The quantitative estimate of drug-likeness (QED) is 0.548. The fraction of sp³-hybridized carbons (Fsp3) is 0.0435. The Bertz CT molecular complexity index is 1210. The molecular formula is C23H17NO2. The molecule has 0 N–H and O–H groups in total. The van der Waals surface area contributed by atoms with Crippen LogP contribution < -0.4 is 11.1 Å². The third-order valence-corrected chi connectivity index (χ3v) is 4.62. The summed E-state index contributed by atoms with van der Waals surface area (Å²) in [6.45, 7) is 0. The monoisotopic (exact) mass is 339 g/mol. The van der Waals surface area contributed by atoms with Gasteiger partial charge in [-0.15, -0.1) is 0 Å². The zero-order valence-corrected chi connectivity index (χ0v) is 14.3. The van der Waals surface area contributed by atoms with Gasteiger partial charge < -0.3 is 0 Å². The van der Waals surface area contributed by atoms with Gasteiger partial charge in [0, 0.05) is 18.0 Å². The van der Waals surface area contributed by atoms with Gasteiger partial charge in [-0.2, -0.15) is 0 Å².